The molecule has 1 saturated carbocycles. The lowest BCUT2D eigenvalue weighted by Gasteiger charge is -2.13. The number of carbonyl (C=O) groups excluding carboxylic acids is 1. The fourth-order valence-corrected chi connectivity index (χ4v) is 3.23. The molecule has 1 heterocycles. The topological polar surface area (TPSA) is 66.4 Å². The Bertz CT molecular complexity index is 447. The number of carboxylic acid groups (broad SMARTS) is 1. The Balaban J connectivity index is 1.83. The van der Waals surface area contributed by atoms with E-state index in [1.54, 1.807) is 12.1 Å². The van der Waals surface area contributed by atoms with Gasteiger partial charge in [-0.05, 0) is 25.0 Å². The normalized spacial score (nSPS) is 16.8. The number of thiophene rings is 1. The van der Waals surface area contributed by atoms with Gasteiger partial charge in [-0.1, -0.05) is 25.7 Å². The first-order valence-electron chi connectivity index (χ1n) is 6.76. The third-order valence-corrected chi connectivity index (χ3v) is 4.61. The van der Waals surface area contributed by atoms with Crippen LogP contribution in [0.5, 0.6) is 0 Å². The highest BCUT2D eigenvalue weighted by atomic mass is 32.1. The van der Waals surface area contributed by atoms with E-state index in [1.807, 2.05) is 0 Å². The second-order valence-corrected chi connectivity index (χ2v) is 6.15. The standard InChI is InChI=1S/C14H19NO3S/c16-13(10-5-3-1-2-4-6-10)15-9-11-7-8-12(19-11)14(17)18/h7-8,10H,1-6,9H2,(H,15,16)(H,17,18). The lowest BCUT2D eigenvalue weighted by atomic mass is 9.99. The molecule has 0 spiro atoms. The summed E-state index contributed by atoms with van der Waals surface area (Å²) in [6.45, 7) is 0.438. The molecule has 0 saturated heterocycles. The number of carbonyl (C=O) groups is 2. The number of nitrogens with one attached hydrogen (secondary N) is 1. The lowest BCUT2D eigenvalue weighted by molar-refractivity contribution is -0.125. The van der Waals surface area contributed by atoms with Crippen molar-refractivity contribution in [1.29, 1.82) is 0 Å². The van der Waals surface area contributed by atoms with Crippen LogP contribution >= 0.6 is 11.3 Å². The first kappa shape index (κ1) is 14.1. The SMILES string of the molecule is O=C(O)c1ccc(CNC(=O)C2CCCCCC2)s1. The van der Waals surface area contributed by atoms with Crippen LogP contribution in [0, 0.1) is 5.92 Å². The van der Waals surface area contributed by atoms with Gasteiger partial charge in [0.25, 0.3) is 0 Å². The van der Waals surface area contributed by atoms with Gasteiger partial charge in [0.2, 0.25) is 5.91 Å². The third-order valence-electron chi connectivity index (χ3n) is 3.54. The second kappa shape index (κ2) is 6.70. The van der Waals surface area contributed by atoms with Gasteiger partial charge in [0.1, 0.15) is 4.88 Å². The maximum Gasteiger partial charge on any atom is 0.345 e. The Kier molecular flexibility index (Phi) is 4.96. The Morgan fingerprint density at radius 3 is 2.47 bits per heavy atom. The molecule has 1 aliphatic carbocycles. The Labute approximate surface area is 116 Å². The second-order valence-electron chi connectivity index (χ2n) is 4.98. The smallest absolute Gasteiger partial charge is 0.345 e. The summed E-state index contributed by atoms with van der Waals surface area (Å²) in [5.41, 5.74) is 0. The quantitative estimate of drug-likeness (QED) is 0.834. The first-order chi connectivity index (χ1) is 9.16. The lowest BCUT2D eigenvalue weighted by Crippen LogP contribution is -2.29. The summed E-state index contributed by atoms with van der Waals surface area (Å²) in [4.78, 5) is 24.0. The summed E-state index contributed by atoms with van der Waals surface area (Å²) in [5.74, 6) is -0.653. The van der Waals surface area contributed by atoms with Crippen molar-refractivity contribution in [2.45, 2.75) is 45.1 Å². The molecule has 2 N–H and O–H groups in total. The van der Waals surface area contributed by atoms with Gasteiger partial charge in [0, 0.05) is 10.8 Å². The van der Waals surface area contributed by atoms with Gasteiger partial charge < -0.3 is 10.4 Å². The molecule has 1 aromatic heterocycles. The number of hydrogen-bond acceptors (Lipinski definition) is 3. The molecule has 0 aliphatic heterocycles. The van der Waals surface area contributed by atoms with E-state index in [1.165, 1.54) is 24.2 Å². The molecular weight excluding hydrogens is 262 g/mol. The van der Waals surface area contributed by atoms with E-state index in [0.717, 1.165) is 30.6 Å². The van der Waals surface area contributed by atoms with Crippen LogP contribution in [0.4, 0.5) is 0 Å². The summed E-state index contributed by atoms with van der Waals surface area (Å²) in [5, 5.41) is 11.8. The van der Waals surface area contributed by atoms with Gasteiger partial charge in [-0.15, -0.1) is 11.3 Å². The van der Waals surface area contributed by atoms with Gasteiger partial charge in [0.15, 0.2) is 0 Å². The van der Waals surface area contributed by atoms with Crippen molar-refractivity contribution in [3.63, 3.8) is 0 Å². The van der Waals surface area contributed by atoms with Crippen LogP contribution in [0.15, 0.2) is 12.1 Å². The van der Waals surface area contributed by atoms with Crippen molar-refractivity contribution in [1.82, 2.24) is 5.32 Å². The third kappa shape index (κ3) is 4.06. The van der Waals surface area contributed by atoms with Gasteiger partial charge >= 0.3 is 5.97 Å². The zero-order valence-electron chi connectivity index (χ0n) is 10.9. The number of rotatable bonds is 4. The van der Waals surface area contributed by atoms with Crippen LogP contribution in [-0.2, 0) is 11.3 Å². The van der Waals surface area contributed by atoms with Crippen molar-refractivity contribution in [2.75, 3.05) is 0 Å². The Morgan fingerprint density at radius 2 is 1.89 bits per heavy atom. The molecule has 19 heavy (non-hydrogen) atoms. The van der Waals surface area contributed by atoms with Crippen LogP contribution in [-0.4, -0.2) is 17.0 Å². The van der Waals surface area contributed by atoms with Crippen LogP contribution < -0.4 is 5.32 Å². The predicted octanol–water partition coefficient (Wildman–Crippen LogP) is 3.03. The Morgan fingerprint density at radius 1 is 1.21 bits per heavy atom. The molecule has 2 rings (SSSR count). The molecule has 1 aliphatic rings. The highest BCUT2D eigenvalue weighted by molar-refractivity contribution is 7.13. The highest BCUT2D eigenvalue weighted by Crippen LogP contribution is 2.23. The van der Waals surface area contributed by atoms with Crippen molar-refractivity contribution >= 4 is 23.2 Å². The zero-order chi connectivity index (χ0) is 13.7. The van der Waals surface area contributed by atoms with Crippen LogP contribution in [0.2, 0.25) is 0 Å². The van der Waals surface area contributed by atoms with Crippen molar-refractivity contribution in [3.05, 3.63) is 21.9 Å². The molecule has 0 atom stereocenters. The highest BCUT2D eigenvalue weighted by Gasteiger charge is 2.19. The van der Waals surface area contributed by atoms with E-state index in [9.17, 15) is 9.59 Å². The maximum atomic E-state index is 12.0. The zero-order valence-corrected chi connectivity index (χ0v) is 11.7. The van der Waals surface area contributed by atoms with Gasteiger partial charge in [-0.2, -0.15) is 0 Å². The number of hydrogen-bond donors (Lipinski definition) is 2. The van der Waals surface area contributed by atoms with Crippen LogP contribution in [0.1, 0.15) is 53.1 Å². The molecule has 1 fully saturated rings. The van der Waals surface area contributed by atoms with Gasteiger partial charge in [-0.25, -0.2) is 4.79 Å². The van der Waals surface area contributed by atoms with Crippen LogP contribution in [0.3, 0.4) is 0 Å². The maximum absolute atomic E-state index is 12.0. The average molecular weight is 281 g/mol. The van der Waals surface area contributed by atoms with E-state index < -0.39 is 5.97 Å². The average Bonchev–Trinajstić information content (AvgIpc) is 2.70. The molecular formula is C14H19NO3S. The molecule has 0 unspecified atom stereocenters. The van der Waals surface area contributed by atoms with Crippen molar-refractivity contribution in [2.24, 2.45) is 5.92 Å². The Hall–Kier alpha value is -1.36. The largest absolute Gasteiger partial charge is 0.477 e. The predicted molar refractivity (Wildman–Crippen MR) is 74.3 cm³/mol. The number of amides is 1. The van der Waals surface area contributed by atoms with Crippen LogP contribution in [0.25, 0.3) is 0 Å². The molecule has 0 bridgehead atoms. The minimum atomic E-state index is -0.911. The van der Waals surface area contributed by atoms with Gasteiger partial charge in [-0.3, -0.25) is 4.79 Å². The van der Waals surface area contributed by atoms with Crippen molar-refractivity contribution in [3.8, 4) is 0 Å². The molecule has 4 nitrogen and oxygen atoms in total. The number of aromatic carboxylic acids is 1. The van der Waals surface area contributed by atoms with E-state index in [2.05, 4.69) is 5.32 Å². The fourth-order valence-electron chi connectivity index (χ4n) is 2.45. The molecule has 5 heteroatoms. The van der Waals surface area contributed by atoms with E-state index in [0.29, 0.717) is 11.4 Å². The minimum absolute atomic E-state index is 0.118. The summed E-state index contributed by atoms with van der Waals surface area (Å²) >= 11 is 1.22. The summed E-state index contributed by atoms with van der Waals surface area (Å²) < 4.78 is 0. The van der Waals surface area contributed by atoms with E-state index in [4.69, 9.17) is 5.11 Å². The van der Waals surface area contributed by atoms with E-state index >= 15 is 0 Å². The summed E-state index contributed by atoms with van der Waals surface area (Å²) in [6, 6.07) is 3.35. The summed E-state index contributed by atoms with van der Waals surface area (Å²) in [7, 11) is 0. The molecule has 104 valence electrons. The molecule has 1 aromatic rings. The number of carboxylic acids is 1. The fraction of sp³-hybridized carbons (Fsp3) is 0.571. The van der Waals surface area contributed by atoms with E-state index in [-0.39, 0.29) is 11.8 Å². The molecule has 0 radical (unpaired) electrons. The molecule has 1 amide bonds. The molecule has 0 aromatic carbocycles. The van der Waals surface area contributed by atoms with Gasteiger partial charge in [0.05, 0.1) is 6.54 Å². The van der Waals surface area contributed by atoms with Crippen molar-refractivity contribution < 1.29 is 14.7 Å². The monoisotopic (exact) mass is 281 g/mol. The minimum Gasteiger partial charge on any atom is -0.477 e. The summed E-state index contributed by atoms with van der Waals surface area (Å²) in [6.07, 6.45) is 6.71. The first-order valence-corrected chi connectivity index (χ1v) is 7.58.